The van der Waals surface area contributed by atoms with Crippen LogP contribution in [0.3, 0.4) is 0 Å². The molecule has 0 spiro atoms. The SMILES string of the molecule is CN(Cc1nccn1C)C(=O)CCc1ccc(N)cc1. The minimum Gasteiger partial charge on any atom is -0.399 e. The highest BCUT2D eigenvalue weighted by molar-refractivity contribution is 5.76. The van der Waals surface area contributed by atoms with Gasteiger partial charge in [0.2, 0.25) is 5.91 Å². The Bertz CT molecular complexity index is 574. The van der Waals surface area contributed by atoms with Crippen molar-refractivity contribution in [1.29, 1.82) is 0 Å². The number of hydrogen-bond acceptors (Lipinski definition) is 3. The number of rotatable bonds is 5. The van der Waals surface area contributed by atoms with Gasteiger partial charge < -0.3 is 15.2 Å². The van der Waals surface area contributed by atoms with Crippen LogP contribution in [-0.2, 0) is 24.8 Å². The van der Waals surface area contributed by atoms with E-state index in [1.54, 1.807) is 18.1 Å². The van der Waals surface area contributed by atoms with E-state index in [2.05, 4.69) is 4.98 Å². The van der Waals surface area contributed by atoms with Crippen molar-refractivity contribution < 1.29 is 4.79 Å². The second-order valence-corrected chi connectivity index (χ2v) is 4.95. The minimum absolute atomic E-state index is 0.116. The molecule has 1 aromatic carbocycles. The molecular formula is C15H20N4O. The average molecular weight is 272 g/mol. The first-order chi connectivity index (χ1) is 9.56. The van der Waals surface area contributed by atoms with Gasteiger partial charge in [0.25, 0.3) is 0 Å². The van der Waals surface area contributed by atoms with Crippen molar-refractivity contribution in [2.24, 2.45) is 7.05 Å². The minimum atomic E-state index is 0.116. The summed E-state index contributed by atoms with van der Waals surface area (Å²) in [7, 11) is 3.73. The number of aryl methyl sites for hydroxylation is 2. The fraction of sp³-hybridized carbons (Fsp3) is 0.333. The summed E-state index contributed by atoms with van der Waals surface area (Å²) in [6, 6.07) is 7.64. The smallest absolute Gasteiger partial charge is 0.223 e. The van der Waals surface area contributed by atoms with Gasteiger partial charge >= 0.3 is 0 Å². The van der Waals surface area contributed by atoms with Crippen LogP contribution in [0.2, 0.25) is 0 Å². The number of nitrogens with two attached hydrogens (primary N) is 1. The number of imidazole rings is 1. The summed E-state index contributed by atoms with van der Waals surface area (Å²) in [5, 5.41) is 0. The molecular weight excluding hydrogens is 252 g/mol. The highest BCUT2D eigenvalue weighted by atomic mass is 16.2. The lowest BCUT2D eigenvalue weighted by molar-refractivity contribution is -0.130. The van der Waals surface area contributed by atoms with Crippen LogP contribution >= 0.6 is 0 Å². The largest absolute Gasteiger partial charge is 0.399 e. The summed E-state index contributed by atoms with van der Waals surface area (Å²) in [6.45, 7) is 0.532. The van der Waals surface area contributed by atoms with Crippen LogP contribution in [0.5, 0.6) is 0 Å². The molecule has 0 fully saturated rings. The molecule has 2 N–H and O–H groups in total. The Balaban J connectivity index is 1.85. The summed E-state index contributed by atoms with van der Waals surface area (Å²) in [5.74, 6) is 0.998. The zero-order valence-corrected chi connectivity index (χ0v) is 11.9. The molecule has 0 radical (unpaired) electrons. The Hall–Kier alpha value is -2.30. The van der Waals surface area contributed by atoms with E-state index in [1.165, 1.54) is 0 Å². The van der Waals surface area contributed by atoms with Gasteiger partial charge in [-0.05, 0) is 24.1 Å². The Morgan fingerprint density at radius 2 is 2.05 bits per heavy atom. The number of hydrogen-bond donors (Lipinski definition) is 1. The zero-order valence-electron chi connectivity index (χ0n) is 11.9. The lowest BCUT2D eigenvalue weighted by Crippen LogP contribution is -2.27. The number of aromatic nitrogens is 2. The normalized spacial score (nSPS) is 10.5. The van der Waals surface area contributed by atoms with E-state index >= 15 is 0 Å². The van der Waals surface area contributed by atoms with E-state index in [1.807, 2.05) is 42.1 Å². The first-order valence-corrected chi connectivity index (χ1v) is 6.61. The highest BCUT2D eigenvalue weighted by Crippen LogP contribution is 2.09. The predicted octanol–water partition coefficient (Wildman–Crippen LogP) is 1.59. The van der Waals surface area contributed by atoms with Crippen LogP contribution < -0.4 is 5.73 Å². The predicted molar refractivity (Wildman–Crippen MR) is 78.9 cm³/mol. The third-order valence-corrected chi connectivity index (χ3v) is 3.33. The van der Waals surface area contributed by atoms with Crippen LogP contribution in [0.15, 0.2) is 36.7 Å². The Kier molecular flexibility index (Phi) is 4.40. The Morgan fingerprint density at radius 1 is 1.35 bits per heavy atom. The van der Waals surface area contributed by atoms with Crippen LogP contribution in [0.25, 0.3) is 0 Å². The van der Waals surface area contributed by atoms with Crippen molar-refractivity contribution in [1.82, 2.24) is 14.5 Å². The molecule has 0 saturated carbocycles. The molecule has 2 aromatic rings. The first-order valence-electron chi connectivity index (χ1n) is 6.61. The molecule has 0 unspecified atom stereocenters. The number of benzene rings is 1. The van der Waals surface area contributed by atoms with Crippen LogP contribution in [-0.4, -0.2) is 27.4 Å². The van der Waals surface area contributed by atoms with Crippen molar-refractivity contribution >= 4 is 11.6 Å². The van der Waals surface area contributed by atoms with Crippen molar-refractivity contribution in [3.05, 3.63) is 48.0 Å². The first kappa shape index (κ1) is 14.1. The Morgan fingerprint density at radius 3 is 2.65 bits per heavy atom. The molecule has 0 aliphatic heterocycles. The second kappa shape index (κ2) is 6.23. The molecule has 0 aliphatic rings. The van der Waals surface area contributed by atoms with Gasteiger partial charge in [-0.25, -0.2) is 4.98 Å². The van der Waals surface area contributed by atoms with Crippen LogP contribution in [0.4, 0.5) is 5.69 Å². The van der Waals surface area contributed by atoms with E-state index in [4.69, 9.17) is 5.73 Å². The molecule has 1 amide bonds. The maximum absolute atomic E-state index is 12.1. The average Bonchev–Trinajstić information content (AvgIpc) is 2.83. The van der Waals surface area contributed by atoms with Crippen molar-refractivity contribution in [2.75, 3.05) is 12.8 Å². The molecule has 5 heteroatoms. The molecule has 20 heavy (non-hydrogen) atoms. The van der Waals surface area contributed by atoms with Gasteiger partial charge in [0, 0.05) is 38.6 Å². The van der Waals surface area contributed by atoms with Gasteiger partial charge in [0.1, 0.15) is 5.82 Å². The van der Waals surface area contributed by atoms with Crippen LogP contribution in [0.1, 0.15) is 17.8 Å². The summed E-state index contributed by atoms with van der Waals surface area (Å²) in [5.41, 5.74) is 7.50. The molecule has 1 aromatic heterocycles. The number of nitrogen functional groups attached to an aromatic ring is 1. The fourth-order valence-electron chi connectivity index (χ4n) is 1.98. The second-order valence-electron chi connectivity index (χ2n) is 4.95. The van der Waals surface area contributed by atoms with E-state index in [0.717, 1.165) is 23.5 Å². The van der Waals surface area contributed by atoms with Crippen LogP contribution in [0, 0.1) is 0 Å². The Labute approximate surface area is 119 Å². The third-order valence-electron chi connectivity index (χ3n) is 3.33. The molecule has 2 rings (SSSR count). The zero-order chi connectivity index (χ0) is 14.5. The lowest BCUT2D eigenvalue weighted by atomic mass is 10.1. The lowest BCUT2D eigenvalue weighted by Gasteiger charge is -2.16. The molecule has 5 nitrogen and oxygen atoms in total. The summed E-state index contributed by atoms with van der Waals surface area (Å²) in [4.78, 5) is 18.0. The fourth-order valence-corrected chi connectivity index (χ4v) is 1.98. The van der Waals surface area contributed by atoms with Gasteiger partial charge in [0.05, 0.1) is 6.54 Å². The van der Waals surface area contributed by atoms with E-state index in [-0.39, 0.29) is 5.91 Å². The molecule has 106 valence electrons. The van der Waals surface area contributed by atoms with Gasteiger partial charge in [-0.2, -0.15) is 0 Å². The van der Waals surface area contributed by atoms with Crippen molar-refractivity contribution in [3.8, 4) is 0 Å². The summed E-state index contributed by atoms with van der Waals surface area (Å²) < 4.78 is 1.92. The molecule has 0 bridgehead atoms. The third kappa shape index (κ3) is 3.60. The van der Waals surface area contributed by atoms with Gasteiger partial charge in [-0.1, -0.05) is 12.1 Å². The topological polar surface area (TPSA) is 64.2 Å². The molecule has 0 atom stereocenters. The van der Waals surface area contributed by atoms with Gasteiger partial charge in [-0.15, -0.1) is 0 Å². The maximum atomic E-state index is 12.1. The number of amides is 1. The van der Waals surface area contributed by atoms with Gasteiger partial charge in [0.15, 0.2) is 0 Å². The number of anilines is 1. The van der Waals surface area contributed by atoms with Gasteiger partial charge in [-0.3, -0.25) is 4.79 Å². The maximum Gasteiger partial charge on any atom is 0.223 e. The van der Waals surface area contributed by atoms with E-state index in [9.17, 15) is 4.79 Å². The van der Waals surface area contributed by atoms with E-state index < -0.39 is 0 Å². The van der Waals surface area contributed by atoms with Crippen molar-refractivity contribution in [3.63, 3.8) is 0 Å². The number of nitrogens with zero attached hydrogens (tertiary/aromatic N) is 3. The quantitative estimate of drug-likeness (QED) is 0.841. The number of carbonyl (C=O) groups is 1. The standard InChI is InChI=1S/C15H20N4O/c1-18-10-9-17-14(18)11-19(2)15(20)8-5-12-3-6-13(16)7-4-12/h3-4,6-7,9-10H,5,8,11,16H2,1-2H3. The summed E-state index contributed by atoms with van der Waals surface area (Å²) >= 11 is 0. The highest BCUT2D eigenvalue weighted by Gasteiger charge is 2.11. The van der Waals surface area contributed by atoms with E-state index in [0.29, 0.717) is 13.0 Å². The number of carbonyl (C=O) groups excluding carboxylic acids is 1. The molecule has 0 aliphatic carbocycles. The molecule has 0 saturated heterocycles. The summed E-state index contributed by atoms with van der Waals surface area (Å²) in [6.07, 6.45) is 4.83. The monoisotopic (exact) mass is 272 g/mol. The molecule has 1 heterocycles. The van der Waals surface area contributed by atoms with Crippen molar-refractivity contribution in [2.45, 2.75) is 19.4 Å².